The molecular formula is C14H19NOS. The SMILES string of the molecule is Cc1ccc2c(c1)C(N)CC1(CSC(C)C1)O2. The molecule has 1 fully saturated rings. The van der Waals surface area contributed by atoms with Gasteiger partial charge in [0.1, 0.15) is 11.4 Å². The molecule has 0 bridgehead atoms. The molecule has 1 saturated heterocycles. The maximum atomic E-state index is 6.33. The van der Waals surface area contributed by atoms with E-state index in [9.17, 15) is 0 Å². The summed E-state index contributed by atoms with van der Waals surface area (Å²) in [4.78, 5) is 0. The molecule has 2 aliphatic heterocycles. The minimum absolute atomic E-state index is 0.00818. The molecule has 1 spiro atoms. The van der Waals surface area contributed by atoms with Crippen LogP contribution in [0.3, 0.4) is 0 Å². The highest BCUT2D eigenvalue weighted by Crippen LogP contribution is 2.47. The van der Waals surface area contributed by atoms with Crippen LogP contribution in [0.15, 0.2) is 18.2 Å². The quantitative estimate of drug-likeness (QED) is 0.767. The van der Waals surface area contributed by atoms with Crippen LogP contribution in [-0.4, -0.2) is 16.6 Å². The van der Waals surface area contributed by atoms with Crippen molar-refractivity contribution in [2.75, 3.05) is 5.75 Å². The topological polar surface area (TPSA) is 35.2 Å². The lowest BCUT2D eigenvalue weighted by molar-refractivity contribution is 0.0575. The third-order valence-corrected chi connectivity index (χ3v) is 5.20. The van der Waals surface area contributed by atoms with Crippen molar-refractivity contribution in [2.24, 2.45) is 5.73 Å². The molecular weight excluding hydrogens is 230 g/mol. The Morgan fingerprint density at radius 1 is 1.41 bits per heavy atom. The average molecular weight is 249 g/mol. The molecule has 0 amide bonds. The van der Waals surface area contributed by atoms with Crippen molar-refractivity contribution >= 4 is 11.8 Å². The van der Waals surface area contributed by atoms with E-state index in [1.165, 1.54) is 11.1 Å². The molecule has 0 radical (unpaired) electrons. The van der Waals surface area contributed by atoms with Gasteiger partial charge in [0.25, 0.3) is 0 Å². The summed E-state index contributed by atoms with van der Waals surface area (Å²) < 4.78 is 6.28. The summed E-state index contributed by atoms with van der Waals surface area (Å²) in [6.07, 6.45) is 2.08. The van der Waals surface area contributed by atoms with E-state index in [4.69, 9.17) is 10.5 Å². The highest BCUT2D eigenvalue weighted by molar-refractivity contribution is 8.00. The van der Waals surface area contributed by atoms with Gasteiger partial charge in [0.15, 0.2) is 0 Å². The Labute approximate surface area is 107 Å². The molecule has 92 valence electrons. The molecule has 3 rings (SSSR count). The number of benzene rings is 1. The van der Waals surface area contributed by atoms with Gasteiger partial charge in [-0.2, -0.15) is 11.8 Å². The molecule has 0 aromatic heterocycles. The van der Waals surface area contributed by atoms with Crippen molar-refractivity contribution in [3.63, 3.8) is 0 Å². The Kier molecular flexibility index (Phi) is 2.64. The zero-order valence-corrected chi connectivity index (χ0v) is 11.2. The van der Waals surface area contributed by atoms with E-state index in [2.05, 4.69) is 32.0 Å². The van der Waals surface area contributed by atoms with Crippen LogP contribution in [0.25, 0.3) is 0 Å². The highest BCUT2D eigenvalue weighted by atomic mass is 32.2. The van der Waals surface area contributed by atoms with Crippen LogP contribution in [0.4, 0.5) is 0 Å². The predicted molar refractivity (Wildman–Crippen MR) is 72.6 cm³/mol. The van der Waals surface area contributed by atoms with E-state index in [1.54, 1.807) is 0 Å². The number of hydrogen-bond donors (Lipinski definition) is 1. The van der Waals surface area contributed by atoms with Crippen molar-refractivity contribution in [1.29, 1.82) is 0 Å². The lowest BCUT2D eigenvalue weighted by Crippen LogP contribution is -2.43. The zero-order chi connectivity index (χ0) is 12.0. The lowest BCUT2D eigenvalue weighted by Gasteiger charge is -2.38. The van der Waals surface area contributed by atoms with Crippen LogP contribution >= 0.6 is 11.8 Å². The van der Waals surface area contributed by atoms with E-state index < -0.39 is 0 Å². The van der Waals surface area contributed by atoms with Gasteiger partial charge in [0.2, 0.25) is 0 Å². The summed E-state index contributed by atoms with van der Waals surface area (Å²) in [7, 11) is 0. The first-order valence-corrected chi connectivity index (χ1v) is 7.30. The number of rotatable bonds is 0. The van der Waals surface area contributed by atoms with Crippen molar-refractivity contribution in [2.45, 2.75) is 43.6 Å². The van der Waals surface area contributed by atoms with Crippen molar-refractivity contribution in [1.82, 2.24) is 0 Å². The molecule has 17 heavy (non-hydrogen) atoms. The normalized spacial score (nSPS) is 35.7. The van der Waals surface area contributed by atoms with Crippen LogP contribution in [0.5, 0.6) is 5.75 Å². The van der Waals surface area contributed by atoms with Gasteiger partial charge in [-0.1, -0.05) is 24.6 Å². The van der Waals surface area contributed by atoms with Gasteiger partial charge in [0.05, 0.1) is 0 Å². The van der Waals surface area contributed by atoms with Crippen LogP contribution in [0, 0.1) is 6.92 Å². The van der Waals surface area contributed by atoms with Gasteiger partial charge in [-0.15, -0.1) is 0 Å². The van der Waals surface area contributed by atoms with Crippen LogP contribution in [0.2, 0.25) is 0 Å². The molecule has 0 saturated carbocycles. The highest BCUT2D eigenvalue weighted by Gasteiger charge is 2.45. The van der Waals surface area contributed by atoms with Gasteiger partial charge in [-0.3, -0.25) is 0 Å². The predicted octanol–water partition coefficient (Wildman–Crippen LogP) is 3.04. The standard InChI is InChI=1S/C14H19NOS/c1-9-3-4-13-11(5-9)12(15)7-14(16-13)6-10(2)17-8-14/h3-5,10,12H,6-8,15H2,1-2H3. The third-order valence-electron chi connectivity index (χ3n) is 3.77. The maximum absolute atomic E-state index is 6.33. The summed E-state index contributed by atoms with van der Waals surface area (Å²) in [5.74, 6) is 2.08. The number of hydrogen-bond acceptors (Lipinski definition) is 3. The lowest BCUT2D eigenvalue weighted by atomic mass is 9.85. The molecule has 2 N–H and O–H groups in total. The van der Waals surface area contributed by atoms with E-state index >= 15 is 0 Å². The maximum Gasteiger partial charge on any atom is 0.124 e. The van der Waals surface area contributed by atoms with Gasteiger partial charge in [-0.05, 0) is 19.4 Å². The molecule has 1 aromatic rings. The zero-order valence-electron chi connectivity index (χ0n) is 10.4. The summed E-state index contributed by atoms with van der Waals surface area (Å²) >= 11 is 2.00. The van der Waals surface area contributed by atoms with Gasteiger partial charge < -0.3 is 10.5 Å². The second-order valence-electron chi connectivity index (χ2n) is 5.46. The second kappa shape index (κ2) is 3.92. The number of ether oxygens (including phenoxy) is 1. The van der Waals surface area contributed by atoms with Gasteiger partial charge >= 0.3 is 0 Å². The monoisotopic (exact) mass is 249 g/mol. The summed E-state index contributed by atoms with van der Waals surface area (Å²) in [6.45, 7) is 4.38. The molecule has 2 aliphatic rings. The fourth-order valence-corrected chi connectivity index (χ4v) is 4.29. The number of aryl methyl sites for hydroxylation is 1. The summed E-state index contributed by atoms with van der Waals surface area (Å²) in [5.41, 5.74) is 8.76. The van der Waals surface area contributed by atoms with Crippen LogP contribution in [0.1, 0.15) is 36.9 Å². The molecule has 3 unspecified atom stereocenters. The van der Waals surface area contributed by atoms with E-state index in [1.807, 2.05) is 11.8 Å². The Morgan fingerprint density at radius 2 is 2.24 bits per heavy atom. The fourth-order valence-electron chi connectivity index (χ4n) is 2.99. The van der Waals surface area contributed by atoms with Crippen molar-refractivity contribution in [3.8, 4) is 5.75 Å². The molecule has 1 aromatic carbocycles. The molecule has 2 nitrogen and oxygen atoms in total. The Balaban J connectivity index is 1.96. The molecule has 3 heteroatoms. The first-order chi connectivity index (χ1) is 8.08. The second-order valence-corrected chi connectivity index (χ2v) is 6.89. The third kappa shape index (κ3) is 1.95. The Morgan fingerprint density at radius 3 is 2.94 bits per heavy atom. The van der Waals surface area contributed by atoms with Gasteiger partial charge in [-0.25, -0.2) is 0 Å². The summed E-state index contributed by atoms with van der Waals surface area (Å²) in [6, 6.07) is 6.48. The van der Waals surface area contributed by atoms with E-state index in [0.717, 1.165) is 24.3 Å². The number of nitrogens with two attached hydrogens (primary N) is 1. The Bertz CT molecular complexity index is 448. The molecule has 2 heterocycles. The molecule has 0 aliphatic carbocycles. The van der Waals surface area contributed by atoms with E-state index in [0.29, 0.717) is 5.25 Å². The van der Waals surface area contributed by atoms with E-state index in [-0.39, 0.29) is 11.6 Å². The van der Waals surface area contributed by atoms with Gasteiger partial charge in [0, 0.05) is 29.0 Å². The largest absolute Gasteiger partial charge is 0.486 e. The Hall–Kier alpha value is -0.670. The van der Waals surface area contributed by atoms with Crippen LogP contribution < -0.4 is 10.5 Å². The molecule has 3 atom stereocenters. The average Bonchev–Trinajstić information content (AvgIpc) is 2.61. The van der Waals surface area contributed by atoms with Crippen LogP contribution in [-0.2, 0) is 0 Å². The smallest absolute Gasteiger partial charge is 0.124 e. The summed E-state index contributed by atoms with van der Waals surface area (Å²) in [5, 5.41) is 0.689. The number of fused-ring (bicyclic) bond motifs is 1. The van der Waals surface area contributed by atoms with Crippen molar-refractivity contribution < 1.29 is 4.74 Å². The number of thioether (sulfide) groups is 1. The van der Waals surface area contributed by atoms with Crippen molar-refractivity contribution in [3.05, 3.63) is 29.3 Å². The minimum Gasteiger partial charge on any atom is -0.486 e. The first-order valence-electron chi connectivity index (χ1n) is 6.25. The first kappa shape index (κ1) is 11.4. The minimum atomic E-state index is -0.00818. The fraction of sp³-hybridized carbons (Fsp3) is 0.571.